The van der Waals surface area contributed by atoms with Gasteiger partial charge in [0.1, 0.15) is 0 Å². The van der Waals surface area contributed by atoms with Gasteiger partial charge in [-0.15, -0.1) is 0 Å². The average molecular weight is 330 g/mol. The highest BCUT2D eigenvalue weighted by atomic mass is 32.2. The van der Waals surface area contributed by atoms with Crippen molar-refractivity contribution in [3.05, 3.63) is 59.2 Å². The Morgan fingerprint density at radius 2 is 1.91 bits per heavy atom. The van der Waals surface area contributed by atoms with Crippen LogP contribution in [0.4, 0.5) is 5.69 Å². The van der Waals surface area contributed by atoms with Gasteiger partial charge < -0.3 is 5.73 Å². The molecule has 1 aliphatic rings. The first-order chi connectivity index (χ1) is 10.8. The smallest absolute Gasteiger partial charge is 0.264 e. The van der Waals surface area contributed by atoms with Gasteiger partial charge in [-0.05, 0) is 49.6 Å². The number of para-hydroxylation sites is 1. The SMILES string of the molecule is Cc1ccc(S(=O)(=O)N2c3ccccc3C[C@@H]2C)cc1C(N)=O. The van der Waals surface area contributed by atoms with Crippen LogP contribution in [0.3, 0.4) is 0 Å². The number of fused-ring (bicyclic) bond motifs is 1. The Kier molecular flexibility index (Phi) is 3.64. The van der Waals surface area contributed by atoms with Gasteiger partial charge in [0.15, 0.2) is 0 Å². The molecule has 1 aliphatic heterocycles. The summed E-state index contributed by atoms with van der Waals surface area (Å²) in [5.41, 5.74) is 7.92. The van der Waals surface area contributed by atoms with E-state index in [2.05, 4.69) is 0 Å². The molecular weight excluding hydrogens is 312 g/mol. The maximum atomic E-state index is 13.1. The molecule has 0 unspecified atom stereocenters. The topological polar surface area (TPSA) is 80.5 Å². The maximum absolute atomic E-state index is 13.1. The van der Waals surface area contributed by atoms with E-state index in [0.29, 0.717) is 17.7 Å². The molecule has 0 fully saturated rings. The van der Waals surface area contributed by atoms with Gasteiger partial charge in [0.2, 0.25) is 5.91 Å². The number of sulfonamides is 1. The molecule has 0 spiro atoms. The Bertz CT molecular complexity index is 890. The molecule has 23 heavy (non-hydrogen) atoms. The molecule has 0 saturated carbocycles. The first-order valence-electron chi connectivity index (χ1n) is 7.35. The number of nitrogens with two attached hydrogens (primary N) is 1. The Hall–Kier alpha value is -2.34. The molecule has 2 N–H and O–H groups in total. The third kappa shape index (κ3) is 2.49. The predicted octanol–water partition coefficient (Wildman–Crippen LogP) is 2.23. The number of hydrogen-bond acceptors (Lipinski definition) is 3. The third-order valence-corrected chi connectivity index (χ3v) is 6.10. The minimum atomic E-state index is -3.75. The summed E-state index contributed by atoms with van der Waals surface area (Å²) < 4.78 is 27.6. The number of carbonyl (C=O) groups excluding carboxylic acids is 1. The van der Waals surface area contributed by atoms with Gasteiger partial charge in [-0.1, -0.05) is 24.3 Å². The lowest BCUT2D eigenvalue weighted by molar-refractivity contribution is 0.0999. The molecule has 0 radical (unpaired) electrons. The number of carbonyl (C=O) groups is 1. The van der Waals surface area contributed by atoms with Crippen LogP contribution in [-0.4, -0.2) is 20.4 Å². The Labute approximate surface area is 135 Å². The molecule has 2 aromatic rings. The van der Waals surface area contributed by atoms with Crippen molar-refractivity contribution in [3.63, 3.8) is 0 Å². The fourth-order valence-electron chi connectivity index (χ4n) is 3.04. The minimum absolute atomic E-state index is 0.0838. The van der Waals surface area contributed by atoms with Gasteiger partial charge in [0, 0.05) is 11.6 Å². The van der Waals surface area contributed by atoms with E-state index < -0.39 is 15.9 Å². The lowest BCUT2D eigenvalue weighted by Crippen LogP contribution is -2.35. The van der Waals surface area contributed by atoms with Crippen molar-refractivity contribution in [2.75, 3.05) is 4.31 Å². The van der Waals surface area contributed by atoms with Crippen LogP contribution in [-0.2, 0) is 16.4 Å². The van der Waals surface area contributed by atoms with Crippen LogP contribution in [0, 0.1) is 6.92 Å². The second-order valence-electron chi connectivity index (χ2n) is 5.82. The van der Waals surface area contributed by atoms with E-state index in [9.17, 15) is 13.2 Å². The molecule has 3 rings (SSSR count). The van der Waals surface area contributed by atoms with Gasteiger partial charge in [0.25, 0.3) is 10.0 Å². The van der Waals surface area contributed by atoms with Crippen LogP contribution in [0.25, 0.3) is 0 Å². The minimum Gasteiger partial charge on any atom is -0.366 e. The normalized spacial score (nSPS) is 17.1. The van der Waals surface area contributed by atoms with Gasteiger partial charge in [-0.2, -0.15) is 0 Å². The van der Waals surface area contributed by atoms with E-state index in [1.54, 1.807) is 19.1 Å². The van der Waals surface area contributed by atoms with E-state index in [4.69, 9.17) is 5.73 Å². The van der Waals surface area contributed by atoms with Crippen LogP contribution in [0.5, 0.6) is 0 Å². The van der Waals surface area contributed by atoms with Crippen molar-refractivity contribution in [2.45, 2.75) is 31.2 Å². The van der Waals surface area contributed by atoms with Crippen molar-refractivity contribution in [3.8, 4) is 0 Å². The third-order valence-electron chi connectivity index (χ3n) is 4.18. The Morgan fingerprint density at radius 1 is 1.22 bits per heavy atom. The second kappa shape index (κ2) is 5.38. The van der Waals surface area contributed by atoms with Crippen molar-refractivity contribution in [2.24, 2.45) is 5.73 Å². The summed E-state index contributed by atoms with van der Waals surface area (Å²) in [6.07, 6.45) is 0.671. The van der Waals surface area contributed by atoms with Crippen LogP contribution in [0.2, 0.25) is 0 Å². The molecule has 1 atom stereocenters. The number of hydrogen-bond donors (Lipinski definition) is 1. The standard InChI is InChI=1S/C17H18N2O3S/c1-11-7-8-14(10-15(11)17(18)20)23(21,22)19-12(2)9-13-5-3-4-6-16(13)19/h3-8,10,12H,9H2,1-2H3,(H2,18,20)/t12-/m0/s1. The van der Waals surface area contributed by atoms with E-state index in [1.165, 1.54) is 16.4 Å². The van der Waals surface area contributed by atoms with Crippen molar-refractivity contribution in [1.29, 1.82) is 0 Å². The number of anilines is 1. The largest absolute Gasteiger partial charge is 0.366 e. The average Bonchev–Trinajstić information content (AvgIpc) is 2.83. The van der Waals surface area contributed by atoms with Crippen molar-refractivity contribution >= 4 is 21.6 Å². The molecule has 0 saturated heterocycles. The summed E-state index contributed by atoms with van der Waals surface area (Å²) in [5, 5.41) is 0. The molecule has 0 bridgehead atoms. The fraction of sp³-hybridized carbons (Fsp3) is 0.235. The fourth-order valence-corrected chi connectivity index (χ4v) is 4.76. The summed E-state index contributed by atoms with van der Waals surface area (Å²) >= 11 is 0. The second-order valence-corrected chi connectivity index (χ2v) is 7.64. The summed E-state index contributed by atoms with van der Waals surface area (Å²) in [6, 6.07) is 11.8. The highest BCUT2D eigenvalue weighted by Gasteiger charge is 2.36. The van der Waals surface area contributed by atoms with Crippen molar-refractivity contribution < 1.29 is 13.2 Å². The molecule has 120 valence electrons. The summed E-state index contributed by atoms with van der Waals surface area (Å²) in [4.78, 5) is 11.6. The number of amides is 1. The number of benzene rings is 2. The van der Waals surface area contributed by atoms with E-state index in [1.807, 2.05) is 25.1 Å². The Morgan fingerprint density at radius 3 is 2.61 bits per heavy atom. The maximum Gasteiger partial charge on any atom is 0.264 e. The molecule has 0 aliphatic carbocycles. The van der Waals surface area contributed by atoms with Gasteiger partial charge in [-0.3, -0.25) is 9.10 Å². The van der Waals surface area contributed by atoms with E-state index in [-0.39, 0.29) is 16.5 Å². The molecule has 6 heteroatoms. The van der Waals surface area contributed by atoms with E-state index in [0.717, 1.165) is 5.56 Å². The molecule has 2 aromatic carbocycles. The Balaban J connectivity index is 2.13. The lowest BCUT2D eigenvalue weighted by Gasteiger charge is -2.24. The number of primary amides is 1. The number of nitrogens with zero attached hydrogens (tertiary/aromatic N) is 1. The van der Waals surface area contributed by atoms with Crippen LogP contribution in [0.15, 0.2) is 47.4 Å². The lowest BCUT2D eigenvalue weighted by atomic mass is 10.1. The summed E-state index contributed by atoms with van der Waals surface area (Å²) in [5.74, 6) is -0.630. The monoisotopic (exact) mass is 330 g/mol. The quantitative estimate of drug-likeness (QED) is 0.937. The molecule has 1 amide bonds. The molecule has 1 heterocycles. The van der Waals surface area contributed by atoms with Gasteiger partial charge in [0.05, 0.1) is 10.6 Å². The van der Waals surface area contributed by atoms with Crippen molar-refractivity contribution in [1.82, 2.24) is 0 Å². The molecular formula is C17H18N2O3S. The first kappa shape index (κ1) is 15.6. The van der Waals surface area contributed by atoms with Gasteiger partial charge in [-0.25, -0.2) is 8.42 Å². The zero-order chi connectivity index (χ0) is 16.8. The number of aryl methyl sites for hydroxylation is 1. The number of rotatable bonds is 3. The van der Waals surface area contributed by atoms with E-state index >= 15 is 0 Å². The first-order valence-corrected chi connectivity index (χ1v) is 8.79. The van der Waals surface area contributed by atoms with Crippen LogP contribution < -0.4 is 10.0 Å². The molecule has 5 nitrogen and oxygen atoms in total. The highest BCUT2D eigenvalue weighted by molar-refractivity contribution is 7.92. The summed E-state index contributed by atoms with van der Waals surface area (Å²) in [7, 11) is -3.75. The predicted molar refractivity (Wildman–Crippen MR) is 89.0 cm³/mol. The zero-order valence-electron chi connectivity index (χ0n) is 13.0. The highest BCUT2D eigenvalue weighted by Crippen LogP contribution is 2.36. The zero-order valence-corrected chi connectivity index (χ0v) is 13.8. The van der Waals surface area contributed by atoms with Crippen LogP contribution >= 0.6 is 0 Å². The van der Waals surface area contributed by atoms with Gasteiger partial charge >= 0.3 is 0 Å². The summed E-state index contributed by atoms with van der Waals surface area (Å²) in [6.45, 7) is 3.60. The molecule has 0 aromatic heterocycles. The van der Waals surface area contributed by atoms with Crippen LogP contribution in [0.1, 0.15) is 28.4 Å².